The van der Waals surface area contributed by atoms with Crippen LogP contribution < -0.4 is 10.5 Å². The molecule has 2 nitrogen and oxygen atoms in total. The number of hydrogen-bond donors (Lipinski definition) is 1. The third-order valence-electron chi connectivity index (χ3n) is 2.70. The largest absolute Gasteiger partial charge is 0.454 e. The molecule has 0 spiro atoms. The van der Waals surface area contributed by atoms with Crippen molar-refractivity contribution in [2.75, 3.05) is 0 Å². The molecule has 0 aromatic heterocycles. The molecule has 2 N–H and O–H groups in total. The molecule has 20 heavy (non-hydrogen) atoms. The first kappa shape index (κ1) is 15.1. The van der Waals surface area contributed by atoms with E-state index in [0.717, 1.165) is 0 Å². The predicted molar refractivity (Wildman–Crippen MR) is 80.3 cm³/mol. The Morgan fingerprint density at radius 3 is 2.60 bits per heavy atom. The molecule has 1 atom stereocenters. The molecule has 0 aliphatic carbocycles. The lowest BCUT2D eigenvalue weighted by molar-refractivity contribution is 0.434. The van der Waals surface area contributed by atoms with E-state index >= 15 is 0 Å². The van der Waals surface area contributed by atoms with Crippen LogP contribution in [0.1, 0.15) is 12.5 Å². The standard InChI is InChI=1S/C15H14Cl2FNO/c1-9(19)7-10-3-2-4-14(18)15(10)20-11-5-6-12(16)13(17)8-11/h2-6,8-9H,7,19H2,1H3. The van der Waals surface area contributed by atoms with Crippen molar-refractivity contribution in [2.24, 2.45) is 5.73 Å². The van der Waals surface area contributed by atoms with E-state index in [9.17, 15) is 4.39 Å². The molecule has 2 aromatic rings. The van der Waals surface area contributed by atoms with Crippen molar-refractivity contribution in [3.05, 3.63) is 57.8 Å². The van der Waals surface area contributed by atoms with Crippen molar-refractivity contribution >= 4 is 23.2 Å². The summed E-state index contributed by atoms with van der Waals surface area (Å²) in [5.41, 5.74) is 6.48. The van der Waals surface area contributed by atoms with Gasteiger partial charge in [-0.15, -0.1) is 0 Å². The van der Waals surface area contributed by atoms with Gasteiger partial charge in [0.1, 0.15) is 5.75 Å². The van der Waals surface area contributed by atoms with E-state index in [4.69, 9.17) is 33.7 Å². The first-order valence-corrected chi connectivity index (χ1v) is 6.89. The third-order valence-corrected chi connectivity index (χ3v) is 3.44. The van der Waals surface area contributed by atoms with Crippen LogP contribution >= 0.6 is 23.2 Å². The van der Waals surface area contributed by atoms with Crippen molar-refractivity contribution in [3.8, 4) is 11.5 Å². The lowest BCUT2D eigenvalue weighted by atomic mass is 10.1. The normalized spacial score (nSPS) is 12.2. The molecular formula is C15H14Cl2FNO. The summed E-state index contributed by atoms with van der Waals surface area (Å²) in [6, 6.07) is 9.46. The van der Waals surface area contributed by atoms with Crippen molar-refractivity contribution in [2.45, 2.75) is 19.4 Å². The van der Waals surface area contributed by atoms with Gasteiger partial charge in [-0.3, -0.25) is 0 Å². The number of nitrogens with two attached hydrogens (primary N) is 1. The highest BCUT2D eigenvalue weighted by Gasteiger charge is 2.13. The molecule has 0 radical (unpaired) electrons. The molecule has 0 heterocycles. The fourth-order valence-electron chi connectivity index (χ4n) is 1.83. The molecule has 5 heteroatoms. The highest BCUT2D eigenvalue weighted by atomic mass is 35.5. The summed E-state index contributed by atoms with van der Waals surface area (Å²) >= 11 is 11.8. The molecule has 0 aliphatic rings. The molecule has 2 rings (SSSR count). The number of hydrogen-bond acceptors (Lipinski definition) is 2. The molecule has 0 aliphatic heterocycles. The molecule has 1 unspecified atom stereocenters. The number of ether oxygens (including phenoxy) is 1. The van der Waals surface area contributed by atoms with E-state index in [0.29, 0.717) is 27.8 Å². The van der Waals surface area contributed by atoms with Crippen LogP contribution in [-0.2, 0) is 6.42 Å². The maximum Gasteiger partial charge on any atom is 0.166 e. The summed E-state index contributed by atoms with van der Waals surface area (Å²) in [6.07, 6.45) is 0.522. The minimum absolute atomic E-state index is 0.0899. The summed E-state index contributed by atoms with van der Waals surface area (Å²) in [7, 11) is 0. The monoisotopic (exact) mass is 313 g/mol. The maximum atomic E-state index is 13.9. The predicted octanol–water partition coefficient (Wildman–Crippen LogP) is 4.81. The van der Waals surface area contributed by atoms with Gasteiger partial charge in [-0.05, 0) is 37.1 Å². The van der Waals surface area contributed by atoms with Crippen molar-refractivity contribution < 1.29 is 9.13 Å². The minimum Gasteiger partial charge on any atom is -0.454 e. The Labute approximate surface area is 127 Å². The summed E-state index contributed by atoms with van der Waals surface area (Å²) in [6.45, 7) is 1.86. The van der Waals surface area contributed by atoms with E-state index in [1.807, 2.05) is 6.92 Å². The van der Waals surface area contributed by atoms with Gasteiger partial charge < -0.3 is 10.5 Å². The first-order chi connectivity index (χ1) is 9.47. The Bertz CT molecular complexity index is 617. The molecular weight excluding hydrogens is 300 g/mol. The number of halogens is 3. The Balaban J connectivity index is 2.34. The lowest BCUT2D eigenvalue weighted by Gasteiger charge is -2.14. The molecule has 2 aromatic carbocycles. The molecule has 0 fully saturated rings. The van der Waals surface area contributed by atoms with Gasteiger partial charge in [-0.1, -0.05) is 35.3 Å². The summed E-state index contributed by atoms with van der Waals surface area (Å²) in [5, 5.41) is 0.776. The first-order valence-electron chi connectivity index (χ1n) is 6.13. The third kappa shape index (κ3) is 3.63. The van der Waals surface area contributed by atoms with Crippen molar-refractivity contribution in [1.82, 2.24) is 0 Å². The smallest absolute Gasteiger partial charge is 0.166 e. The van der Waals surface area contributed by atoms with Crippen LogP contribution in [0.15, 0.2) is 36.4 Å². The molecule has 0 bridgehead atoms. The number of para-hydroxylation sites is 1. The van der Waals surface area contributed by atoms with Crippen LogP contribution in [0.2, 0.25) is 10.0 Å². The van der Waals surface area contributed by atoms with E-state index in [1.165, 1.54) is 6.07 Å². The highest BCUT2D eigenvalue weighted by molar-refractivity contribution is 6.42. The molecule has 106 valence electrons. The van der Waals surface area contributed by atoms with E-state index in [-0.39, 0.29) is 11.8 Å². The average Bonchev–Trinajstić information content (AvgIpc) is 2.37. The van der Waals surface area contributed by atoms with E-state index < -0.39 is 5.82 Å². The second-order valence-electron chi connectivity index (χ2n) is 4.59. The average molecular weight is 314 g/mol. The second-order valence-corrected chi connectivity index (χ2v) is 5.40. The quantitative estimate of drug-likeness (QED) is 0.878. The number of benzene rings is 2. The lowest BCUT2D eigenvalue weighted by Crippen LogP contribution is -2.18. The second kappa shape index (κ2) is 6.44. The summed E-state index contributed by atoms with van der Waals surface area (Å²) in [4.78, 5) is 0. The zero-order valence-electron chi connectivity index (χ0n) is 10.9. The summed E-state index contributed by atoms with van der Waals surface area (Å²) in [5.74, 6) is 0.160. The topological polar surface area (TPSA) is 35.2 Å². The van der Waals surface area contributed by atoms with Gasteiger partial charge in [0, 0.05) is 12.1 Å². The maximum absolute atomic E-state index is 13.9. The summed E-state index contributed by atoms with van der Waals surface area (Å²) < 4.78 is 19.5. The molecule has 0 saturated heterocycles. The van der Waals surface area contributed by atoms with Gasteiger partial charge in [0.05, 0.1) is 10.0 Å². The fourth-order valence-corrected chi connectivity index (χ4v) is 2.12. The number of rotatable bonds is 4. The Morgan fingerprint density at radius 2 is 1.95 bits per heavy atom. The van der Waals surface area contributed by atoms with Crippen LogP contribution in [0.4, 0.5) is 4.39 Å². The van der Waals surface area contributed by atoms with Gasteiger partial charge >= 0.3 is 0 Å². The highest BCUT2D eigenvalue weighted by Crippen LogP contribution is 2.32. The molecule has 0 saturated carbocycles. The Hall–Kier alpha value is -1.29. The van der Waals surface area contributed by atoms with Crippen LogP contribution in [0, 0.1) is 5.82 Å². The fraction of sp³-hybridized carbons (Fsp3) is 0.200. The van der Waals surface area contributed by atoms with Gasteiger partial charge in [-0.2, -0.15) is 0 Å². The molecule has 0 amide bonds. The van der Waals surface area contributed by atoms with Crippen LogP contribution in [-0.4, -0.2) is 6.04 Å². The SMILES string of the molecule is CC(N)Cc1cccc(F)c1Oc1ccc(Cl)c(Cl)c1. The van der Waals surface area contributed by atoms with Crippen LogP contribution in [0.5, 0.6) is 11.5 Å². The zero-order chi connectivity index (χ0) is 14.7. The van der Waals surface area contributed by atoms with E-state index in [1.54, 1.807) is 30.3 Å². The minimum atomic E-state index is -0.436. The van der Waals surface area contributed by atoms with Gasteiger partial charge in [0.15, 0.2) is 11.6 Å². The Morgan fingerprint density at radius 1 is 1.20 bits per heavy atom. The van der Waals surface area contributed by atoms with Crippen molar-refractivity contribution in [3.63, 3.8) is 0 Å². The van der Waals surface area contributed by atoms with Crippen molar-refractivity contribution in [1.29, 1.82) is 0 Å². The van der Waals surface area contributed by atoms with Crippen LogP contribution in [0.25, 0.3) is 0 Å². The zero-order valence-corrected chi connectivity index (χ0v) is 12.4. The van der Waals surface area contributed by atoms with Gasteiger partial charge in [-0.25, -0.2) is 4.39 Å². The van der Waals surface area contributed by atoms with E-state index in [2.05, 4.69) is 0 Å². The van der Waals surface area contributed by atoms with Gasteiger partial charge in [0.2, 0.25) is 0 Å². The van der Waals surface area contributed by atoms with Crippen LogP contribution in [0.3, 0.4) is 0 Å². The Kier molecular flexibility index (Phi) is 4.86. The van der Waals surface area contributed by atoms with Gasteiger partial charge in [0.25, 0.3) is 0 Å².